The van der Waals surface area contributed by atoms with Gasteiger partial charge in [-0.3, -0.25) is 4.79 Å². The number of ketones is 1. The van der Waals surface area contributed by atoms with E-state index in [1.807, 2.05) is 6.92 Å². The molecule has 0 N–H and O–H groups in total. The van der Waals surface area contributed by atoms with Crippen LogP contribution in [-0.2, 0) is 6.18 Å². The Kier molecular flexibility index (Phi) is 3.99. The summed E-state index contributed by atoms with van der Waals surface area (Å²) >= 11 is 3.12. The molecule has 0 saturated carbocycles. The maximum absolute atomic E-state index is 12.7. The van der Waals surface area contributed by atoms with Crippen LogP contribution >= 0.6 is 15.9 Å². The van der Waals surface area contributed by atoms with E-state index in [4.69, 9.17) is 0 Å². The topological polar surface area (TPSA) is 17.1 Å². The van der Waals surface area contributed by atoms with Crippen molar-refractivity contribution in [2.75, 3.05) is 0 Å². The summed E-state index contributed by atoms with van der Waals surface area (Å²) in [7, 11) is 0. The van der Waals surface area contributed by atoms with Crippen molar-refractivity contribution in [1.29, 1.82) is 0 Å². The van der Waals surface area contributed by atoms with Crippen molar-refractivity contribution in [3.05, 3.63) is 69.2 Å². The van der Waals surface area contributed by atoms with Crippen LogP contribution in [0.15, 0.2) is 46.9 Å². The first-order chi connectivity index (χ1) is 9.29. The lowest BCUT2D eigenvalue weighted by molar-refractivity contribution is -0.137. The van der Waals surface area contributed by atoms with Gasteiger partial charge >= 0.3 is 6.18 Å². The molecule has 0 radical (unpaired) electrons. The Hall–Kier alpha value is -1.62. The molecule has 0 heterocycles. The third kappa shape index (κ3) is 3.10. The van der Waals surface area contributed by atoms with E-state index in [0.29, 0.717) is 10.0 Å². The molecule has 0 unspecified atom stereocenters. The van der Waals surface area contributed by atoms with Gasteiger partial charge in [-0.25, -0.2) is 0 Å². The average Bonchev–Trinajstić information content (AvgIpc) is 2.38. The lowest BCUT2D eigenvalue weighted by atomic mass is 10.0. The van der Waals surface area contributed by atoms with E-state index in [-0.39, 0.29) is 5.56 Å². The molecule has 0 aromatic heterocycles. The zero-order valence-electron chi connectivity index (χ0n) is 10.5. The first-order valence-electron chi connectivity index (χ1n) is 5.77. The summed E-state index contributed by atoms with van der Waals surface area (Å²) in [4.78, 5) is 12.3. The van der Waals surface area contributed by atoms with Crippen molar-refractivity contribution < 1.29 is 18.0 Å². The van der Waals surface area contributed by atoms with Gasteiger partial charge in [-0.15, -0.1) is 0 Å². The Morgan fingerprint density at radius 1 is 1.05 bits per heavy atom. The largest absolute Gasteiger partial charge is 0.416 e. The average molecular weight is 343 g/mol. The van der Waals surface area contributed by atoms with Crippen LogP contribution in [0.25, 0.3) is 0 Å². The zero-order chi connectivity index (χ0) is 14.9. The monoisotopic (exact) mass is 342 g/mol. The molecule has 1 nitrogen and oxygen atoms in total. The first-order valence-corrected chi connectivity index (χ1v) is 6.56. The maximum atomic E-state index is 12.7. The highest BCUT2D eigenvalue weighted by Gasteiger charge is 2.31. The van der Waals surface area contributed by atoms with E-state index in [1.165, 1.54) is 6.07 Å². The SMILES string of the molecule is Cc1ccc(C(=O)c2cc(C(F)(F)F)ccc2Br)cc1. The fourth-order valence-corrected chi connectivity index (χ4v) is 2.16. The maximum Gasteiger partial charge on any atom is 0.416 e. The summed E-state index contributed by atoms with van der Waals surface area (Å²) in [5.74, 6) is -0.442. The van der Waals surface area contributed by atoms with Gasteiger partial charge in [-0.05, 0) is 25.1 Å². The Labute approximate surface area is 122 Å². The van der Waals surface area contributed by atoms with Gasteiger partial charge in [0.25, 0.3) is 0 Å². The summed E-state index contributed by atoms with van der Waals surface area (Å²) in [5.41, 5.74) is 0.500. The smallest absolute Gasteiger partial charge is 0.289 e. The van der Waals surface area contributed by atoms with Crippen LogP contribution in [0.1, 0.15) is 27.0 Å². The van der Waals surface area contributed by atoms with E-state index < -0.39 is 17.5 Å². The van der Waals surface area contributed by atoms with Gasteiger partial charge in [-0.1, -0.05) is 45.8 Å². The van der Waals surface area contributed by atoms with Crippen LogP contribution in [0.4, 0.5) is 13.2 Å². The molecule has 0 saturated heterocycles. The Morgan fingerprint density at radius 2 is 1.65 bits per heavy atom. The number of alkyl halides is 3. The number of rotatable bonds is 2. The predicted octanol–water partition coefficient (Wildman–Crippen LogP) is 5.01. The van der Waals surface area contributed by atoms with Crippen LogP contribution in [0, 0.1) is 6.92 Å². The molecule has 0 aliphatic heterocycles. The summed E-state index contributed by atoms with van der Waals surface area (Å²) in [6.07, 6.45) is -4.47. The molecule has 0 aliphatic rings. The van der Waals surface area contributed by atoms with Crippen LogP contribution in [0.3, 0.4) is 0 Å². The normalized spacial score (nSPS) is 11.4. The molecule has 0 atom stereocenters. The van der Waals surface area contributed by atoms with E-state index in [2.05, 4.69) is 15.9 Å². The molecule has 0 aliphatic carbocycles. The summed E-state index contributed by atoms with van der Waals surface area (Å²) in [5, 5.41) is 0. The zero-order valence-corrected chi connectivity index (χ0v) is 12.0. The molecule has 2 aromatic carbocycles. The highest BCUT2D eigenvalue weighted by Crippen LogP contribution is 2.32. The second-order valence-electron chi connectivity index (χ2n) is 4.39. The van der Waals surface area contributed by atoms with Crippen molar-refractivity contribution >= 4 is 21.7 Å². The van der Waals surface area contributed by atoms with Crippen molar-refractivity contribution in [3.63, 3.8) is 0 Å². The standard InChI is InChI=1S/C15H10BrF3O/c1-9-2-4-10(5-3-9)14(20)12-8-11(15(17,18)19)6-7-13(12)16/h2-8H,1H3. The molecule has 0 bridgehead atoms. The second-order valence-corrected chi connectivity index (χ2v) is 5.24. The number of carbonyl (C=O) groups is 1. The lowest BCUT2D eigenvalue weighted by Crippen LogP contribution is -2.09. The van der Waals surface area contributed by atoms with Crippen LogP contribution < -0.4 is 0 Å². The minimum atomic E-state index is -4.47. The fourth-order valence-electron chi connectivity index (χ4n) is 1.74. The van der Waals surface area contributed by atoms with Gasteiger partial charge in [0.15, 0.2) is 5.78 Å². The van der Waals surface area contributed by atoms with Gasteiger partial charge in [0.05, 0.1) is 5.56 Å². The second kappa shape index (κ2) is 5.40. The minimum Gasteiger partial charge on any atom is -0.289 e. The Morgan fingerprint density at radius 3 is 2.20 bits per heavy atom. The highest BCUT2D eigenvalue weighted by molar-refractivity contribution is 9.10. The molecule has 104 valence electrons. The molecule has 0 amide bonds. The molecular formula is C15H10BrF3O. The van der Waals surface area contributed by atoms with Crippen molar-refractivity contribution in [1.82, 2.24) is 0 Å². The number of carbonyl (C=O) groups excluding carboxylic acids is 1. The molecule has 5 heteroatoms. The lowest BCUT2D eigenvalue weighted by Gasteiger charge is -2.10. The summed E-state index contributed by atoms with van der Waals surface area (Å²) < 4.78 is 38.4. The van der Waals surface area contributed by atoms with E-state index in [1.54, 1.807) is 24.3 Å². The molecule has 2 rings (SSSR count). The third-order valence-corrected chi connectivity index (χ3v) is 3.54. The van der Waals surface area contributed by atoms with Gasteiger partial charge < -0.3 is 0 Å². The molecule has 0 spiro atoms. The highest BCUT2D eigenvalue weighted by atomic mass is 79.9. The summed E-state index contributed by atoms with van der Waals surface area (Å²) in [6, 6.07) is 9.74. The van der Waals surface area contributed by atoms with Crippen LogP contribution in [0.2, 0.25) is 0 Å². The number of benzene rings is 2. The van der Waals surface area contributed by atoms with E-state index >= 15 is 0 Å². The molecule has 20 heavy (non-hydrogen) atoms. The van der Waals surface area contributed by atoms with Gasteiger partial charge in [0.2, 0.25) is 0 Å². The van der Waals surface area contributed by atoms with Crippen LogP contribution in [0.5, 0.6) is 0 Å². The third-order valence-electron chi connectivity index (χ3n) is 2.85. The first kappa shape index (κ1) is 14.8. The molecular weight excluding hydrogens is 333 g/mol. The van der Waals surface area contributed by atoms with Crippen molar-refractivity contribution in [2.24, 2.45) is 0 Å². The van der Waals surface area contributed by atoms with Gasteiger partial charge in [0.1, 0.15) is 0 Å². The number of aryl methyl sites for hydroxylation is 1. The number of halogens is 4. The van der Waals surface area contributed by atoms with Gasteiger partial charge in [-0.2, -0.15) is 13.2 Å². The molecule has 0 fully saturated rings. The quantitative estimate of drug-likeness (QED) is 0.701. The van der Waals surface area contributed by atoms with E-state index in [9.17, 15) is 18.0 Å². The van der Waals surface area contributed by atoms with Crippen molar-refractivity contribution in [2.45, 2.75) is 13.1 Å². The Bertz CT molecular complexity index is 645. The summed E-state index contributed by atoms with van der Waals surface area (Å²) in [6.45, 7) is 1.87. The van der Waals surface area contributed by atoms with E-state index in [0.717, 1.165) is 17.7 Å². The molecule has 2 aromatic rings. The number of hydrogen-bond donors (Lipinski definition) is 0. The van der Waals surface area contributed by atoms with Crippen LogP contribution in [-0.4, -0.2) is 5.78 Å². The Balaban J connectivity index is 2.46. The predicted molar refractivity (Wildman–Crippen MR) is 73.8 cm³/mol. The minimum absolute atomic E-state index is 0.00341. The van der Waals surface area contributed by atoms with Gasteiger partial charge in [0, 0.05) is 15.6 Å². The van der Waals surface area contributed by atoms with Crippen molar-refractivity contribution in [3.8, 4) is 0 Å². The number of hydrogen-bond acceptors (Lipinski definition) is 1. The fraction of sp³-hybridized carbons (Fsp3) is 0.133.